The van der Waals surface area contributed by atoms with Crippen molar-refractivity contribution in [1.82, 2.24) is 9.80 Å². The molecule has 0 saturated carbocycles. The van der Waals surface area contributed by atoms with Crippen molar-refractivity contribution in [3.8, 4) is 0 Å². The number of carbonyl (C=O) groups is 2. The van der Waals surface area contributed by atoms with Crippen LogP contribution >= 0.6 is 63.7 Å². The molecule has 0 aromatic carbocycles. The Labute approximate surface area is 201 Å². The predicted octanol–water partition coefficient (Wildman–Crippen LogP) is 1.63. The Kier molecular flexibility index (Phi) is 8.32. The van der Waals surface area contributed by atoms with Gasteiger partial charge in [0.2, 0.25) is 11.8 Å². The quantitative estimate of drug-likeness (QED) is 0.342. The summed E-state index contributed by atoms with van der Waals surface area (Å²) in [6, 6.07) is 0. The van der Waals surface area contributed by atoms with Gasteiger partial charge in [0, 0.05) is 10.7 Å². The molecule has 3 aliphatic rings. The molecule has 3 rings (SSSR count). The molecule has 3 saturated heterocycles. The lowest BCUT2D eigenvalue weighted by atomic mass is 10.1. The summed E-state index contributed by atoms with van der Waals surface area (Å²) in [4.78, 5) is 28.6. The van der Waals surface area contributed by atoms with Crippen molar-refractivity contribution in [2.75, 3.05) is 89.2 Å². The van der Waals surface area contributed by atoms with Gasteiger partial charge in [-0.05, 0) is 0 Å². The average Bonchev–Trinajstić information content (AvgIpc) is 2.75. The van der Waals surface area contributed by atoms with Crippen LogP contribution in [0.25, 0.3) is 0 Å². The van der Waals surface area contributed by atoms with Crippen LogP contribution in [-0.2, 0) is 9.59 Å². The molecule has 0 aromatic heterocycles. The van der Waals surface area contributed by atoms with E-state index in [1.54, 1.807) is 0 Å². The number of piperazine rings is 3. The topological polar surface area (TPSA) is 40.6 Å². The Morgan fingerprint density at radius 3 is 1.18 bits per heavy atom. The number of quaternary nitrogens is 2. The van der Waals surface area contributed by atoms with Gasteiger partial charge in [-0.25, -0.2) is 0 Å². The first-order valence-corrected chi connectivity index (χ1v) is 14.1. The van der Waals surface area contributed by atoms with E-state index in [-0.39, 0.29) is 21.5 Å². The Hall–Kier alpha value is 0.780. The van der Waals surface area contributed by atoms with E-state index in [1.807, 2.05) is 9.80 Å². The summed E-state index contributed by atoms with van der Waals surface area (Å²) in [5.41, 5.74) is 0. The molecule has 3 fully saturated rings. The molecule has 160 valence electrons. The van der Waals surface area contributed by atoms with Crippen molar-refractivity contribution in [2.45, 2.75) is 9.65 Å². The molecule has 0 aliphatic carbocycles. The van der Waals surface area contributed by atoms with Crippen molar-refractivity contribution < 1.29 is 18.6 Å². The molecule has 2 spiro atoms. The average molecular weight is 654 g/mol. The lowest BCUT2D eigenvalue weighted by Gasteiger charge is -2.54. The second-order valence-electron chi connectivity index (χ2n) is 8.37. The van der Waals surface area contributed by atoms with E-state index in [4.69, 9.17) is 0 Å². The lowest BCUT2D eigenvalue weighted by Crippen LogP contribution is -2.73. The molecule has 3 heterocycles. The van der Waals surface area contributed by atoms with Crippen LogP contribution in [0.15, 0.2) is 0 Å². The van der Waals surface area contributed by atoms with Crippen molar-refractivity contribution in [2.24, 2.45) is 0 Å². The monoisotopic (exact) mass is 650 g/mol. The molecule has 0 N–H and O–H groups in total. The first kappa shape index (κ1) is 23.4. The molecule has 28 heavy (non-hydrogen) atoms. The first-order chi connectivity index (χ1) is 13.3. The van der Waals surface area contributed by atoms with Gasteiger partial charge in [-0.15, -0.1) is 0 Å². The number of amides is 2. The summed E-state index contributed by atoms with van der Waals surface area (Å²) < 4.78 is 2.33. The second-order valence-corrected chi connectivity index (χ2v) is 11.9. The Balaban J connectivity index is 1.48. The molecule has 2 amide bonds. The largest absolute Gasteiger partial charge is 0.330 e. The highest BCUT2D eigenvalue weighted by Gasteiger charge is 2.46. The second kappa shape index (κ2) is 9.94. The van der Waals surface area contributed by atoms with E-state index >= 15 is 0 Å². The van der Waals surface area contributed by atoms with Crippen molar-refractivity contribution >= 4 is 75.5 Å². The van der Waals surface area contributed by atoms with Gasteiger partial charge in [0.15, 0.2) is 0 Å². The van der Waals surface area contributed by atoms with E-state index in [9.17, 15) is 9.59 Å². The van der Waals surface area contributed by atoms with Gasteiger partial charge < -0.3 is 18.8 Å². The number of halogens is 4. The zero-order valence-electron chi connectivity index (χ0n) is 16.2. The molecule has 0 aromatic rings. The van der Waals surface area contributed by atoms with Crippen LogP contribution in [0, 0.1) is 0 Å². The number of rotatable bonds is 4. The number of nitrogens with zero attached hydrogens (tertiary/aromatic N) is 4. The predicted molar refractivity (Wildman–Crippen MR) is 126 cm³/mol. The van der Waals surface area contributed by atoms with E-state index in [1.165, 1.54) is 35.1 Å². The highest BCUT2D eigenvalue weighted by Crippen LogP contribution is 2.25. The number of hydrogen-bond donors (Lipinski definition) is 0. The maximum Gasteiger partial charge on any atom is 0.237 e. The molecular weight excluding hydrogens is 624 g/mol. The fourth-order valence-corrected chi connectivity index (χ4v) is 5.85. The standard InChI is InChI=1S/C18H30Br4N4O2/c19-13-15(21)17(27)23-1-5-25(6-2-23)9-11-26(12-10-25)7-3-24(4-8-26)18(28)16(22)14-20/h15-16H,1-14H2/q+2. The van der Waals surface area contributed by atoms with Crippen LogP contribution in [0.5, 0.6) is 0 Å². The van der Waals surface area contributed by atoms with E-state index in [0.29, 0.717) is 10.7 Å². The van der Waals surface area contributed by atoms with Crippen LogP contribution in [-0.4, -0.2) is 129 Å². The third-order valence-electron chi connectivity index (χ3n) is 6.90. The first-order valence-electron chi connectivity index (χ1n) is 10.0. The van der Waals surface area contributed by atoms with Crippen molar-refractivity contribution in [1.29, 1.82) is 0 Å². The molecule has 6 nitrogen and oxygen atoms in total. The lowest BCUT2D eigenvalue weighted by molar-refractivity contribution is -1.03. The van der Waals surface area contributed by atoms with Crippen LogP contribution in [0.3, 0.4) is 0 Å². The molecule has 0 radical (unpaired) electrons. The van der Waals surface area contributed by atoms with Crippen LogP contribution < -0.4 is 0 Å². The SMILES string of the molecule is O=C(C(Br)CBr)N1CC[N+]2(CC1)CC[N+]1(CCN(C(=O)C(Br)CBr)CC1)CC2. The van der Waals surface area contributed by atoms with E-state index in [0.717, 1.165) is 52.4 Å². The van der Waals surface area contributed by atoms with E-state index in [2.05, 4.69) is 63.7 Å². The smallest absolute Gasteiger partial charge is 0.237 e. The van der Waals surface area contributed by atoms with Crippen LogP contribution in [0.1, 0.15) is 0 Å². The van der Waals surface area contributed by atoms with Crippen LogP contribution in [0.4, 0.5) is 0 Å². The Bertz CT molecular complexity index is 516. The van der Waals surface area contributed by atoms with Crippen LogP contribution in [0.2, 0.25) is 0 Å². The van der Waals surface area contributed by atoms with Crippen molar-refractivity contribution in [3.63, 3.8) is 0 Å². The van der Waals surface area contributed by atoms with E-state index < -0.39 is 0 Å². The number of carbonyl (C=O) groups excluding carboxylic acids is 2. The minimum absolute atomic E-state index is 0.114. The van der Waals surface area contributed by atoms with Gasteiger partial charge in [-0.2, -0.15) is 0 Å². The van der Waals surface area contributed by atoms with Gasteiger partial charge in [-0.1, -0.05) is 63.7 Å². The Morgan fingerprint density at radius 1 is 0.643 bits per heavy atom. The molecule has 2 unspecified atom stereocenters. The summed E-state index contributed by atoms with van der Waals surface area (Å²) in [7, 11) is 0. The normalized spacial score (nSPS) is 26.3. The highest BCUT2D eigenvalue weighted by atomic mass is 79.9. The number of alkyl halides is 4. The molecular formula is C18H30Br4N4O2+2. The zero-order valence-corrected chi connectivity index (χ0v) is 22.5. The maximum atomic E-state index is 12.4. The summed E-state index contributed by atoms with van der Waals surface area (Å²) in [6.07, 6.45) is 0. The van der Waals surface area contributed by atoms with Gasteiger partial charge >= 0.3 is 0 Å². The summed E-state index contributed by atoms with van der Waals surface area (Å²) in [5.74, 6) is 0.425. The zero-order chi connectivity index (χ0) is 20.4. The third kappa shape index (κ3) is 5.15. The van der Waals surface area contributed by atoms with Gasteiger partial charge in [0.1, 0.15) is 35.8 Å². The van der Waals surface area contributed by atoms with Gasteiger partial charge in [0.25, 0.3) is 0 Å². The maximum absolute atomic E-state index is 12.4. The fraction of sp³-hybridized carbons (Fsp3) is 0.889. The molecule has 10 heteroatoms. The van der Waals surface area contributed by atoms with Gasteiger partial charge in [-0.3, -0.25) is 9.59 Å². The van der Waals surface area contributed by atoms with Gasteiger partial charge in [0.05, 0.1) is 52.4 Å². The summed E-state index contributed by atoms with van der Waals surface area (Å²) >= 11 is 13.7. The number of hydrogen-bond acceptors (Lipinski definition) is 2. The Morgan fingerprint density at radius 2 is 0.929 bits per heavy atom. The molecule has 3 aliphatic heterocycles. The highest BCUT2D eigenvalue weighted by molar-refractivity contribution is 9.12. The van der Waals surface area contributed by atoms with Crippen molar-refractivity contribution in [3.05, 3.63) is 0 Å². The molecule has 0 bridgehead atoms. The third-order valence-corrected chi connectivity index (χ3v) is 11.4. The fourth-order valence-electron chi connectivity index (χ4n) is 4.71. The minimum atomic E-state index is -0.114. The summed E-state index contributed by atoms with van der Waals surface area (Å²) in [6.45, 7) is 12.6. The minimum Gasteiger partial charge on any atom is -0.330 e. The molecule has 2 atom stereocenters. The summed E-state index contributed by atoms with van der Waals surface area (Å²) in [5, 5.41) is 1.32.